The lowest BCUT2D eigenvalue weighted by atomic mass is 9.85. The van der Waals surface area contributed by atoms with Gasteiger partial charge in [0.15, 0.2) is 0 Å². The predicted molar refractivity (Wildman–Crippen MR) is 89.9 cm³/mol. The molecule has 0 spiro atoms. The van der Waals surface area contributed by atoms with E-state index >= 15 is 0 Å². The third kappa shape index (κ3) is 3.49. The summed E-state index contributed by atoms with van der Waals surface area (Å²) in [6, 6.07) is 0.133. The summed E-state index contributed by atoms with van der Waals surface area (Å²) in [5.74, 6) is 0. The molecule has 2 rings (SSSR count). The standard InChI is InChI=1S/C19H31NO/c1-12-13(2)15(4)19(16(5)14(12)3)18(20)10-9-17-8-6-7-11-21-17/h17-18H,6-11,20H2,1-5H3. The van der Waals surface area contributed by atoms with Gasteiger partial charge in [-0.1, -0.05) is 0 Å². The fourth-order valence-electron chi connectivity index (χ4n) is 3.63. The highest BCUT2D eigenvalue weighted by Gasteiger charge is 2.20. The first-order chi connectivity index (χ1) is 9.93. The van der Waals surface area contributed by atoms with E-state index in [-0.39, 0.29) is 6.04 Å². The molecule has 21 heavy (non-hydrogen) atoms. The first kappa shape index (κ1) is 16.5. The maximum Gasteiger partial charge on any atom is 0.0575 e. The normalized spacial score (nSPS) is 20.6. The van der Waals surface area contributed by atoms with Crippen LogP contribution < -0.4 is 5.73 Å². The molecule has 1 heterocycles. The molecular formula is C19H31NO. The maximum absolute atomic E-state index is 6.55. The van der Waals surface area contributed by atoms with Crippen LogP contribution >= 0.6 is 0 Å². The first-order valence-corrected chi connectivity index (χ1v) is 8.37. The lowest BCUT2D eigenvalue weighted by Gasteiger charge is -2.26. The van der Waals surface area contributed by atoms with E-state index in [1.807, 2.05) is 0 Å². The fourth-order valence-corrected chi connectivity index (χ4v) is 3.63. The van der Waals surface area contributed by atoms with Crippen LogP contribution in [0.3, 0.4) is 0 Å². The first-order valence-electron chi connectivity index (χ1n) is 8.37. The molecule has 1 saturated heterocycles. The Morgan fingerprint density at radius 3 is 2.05 bits per heavy atom. The number of hydrogen-bond acceptors (Lipinski definition) is 2. The van der Waals surface area contributed by atoms with E-state index in [4.69, 9.17) is 10.5 Å². The summed E-state index contributed by atoms with van der Waals surface area (Å²) in [5, 5.41) is 0. The minimum absolute atomic E-state index is 0.133. The molecule has 1 aromatic rings. The molecule has 2 heteroatoms. The molecule has 1 aliphatic heterocycles. The molecule has 2 N–H and O–H groups in total. The van der Waals surface area contributed by atoms with E-state index in [1.54, 1.807) is 0 Å². The number of rotatable bonds is 4. The molecule has 2 nitrogen and oxygen atoms in total. The van der Waals surface area contributed by atoms with Crippen LogP contribution in [0.25, 0.3) is 0 Å². The lowest BCUT2D eigenvalue weighted by Crippen LogP contribution is -2.22. The zero-order valence-corrected chi connectivity index (χ0v) is 14.4. The summed E-state index contributed by atoms with van der Waals surface area (Å²) < 4.78 is 5.84. The molecule has 1 aliphatic rings. The van der Waals surface area contributed by atoms with Gasteiger partial charge in [-0.05, 0) is 100 Å². The summed E-state index contributed by atoms with van der Waals surface area (Å²) in [7, 11) is 0. The van der Waals surface area contributed by atoms with Crippen LogP contribution in [-0.2, 0) is 4.74 Å². The summed E-state index contributed by atoms with van der Waals surface area (Å²) >= 11 is 0. The van der Waals surface area contributed by atoms with Crippen LogP contribution in [0, 0.1) is 34.6 Å². The second kappa shape index (κ2) is 6.93. The molecule has 0 saturated carbocycles. The number of hydrogen-bond donors (Lipinski definition) is 1. The van der Waals surface area contributed by atoms with Crippen LogP contribution in [0.1, 0.15) is 71.5 Å². The van der Waals surface area contributed by atoms with Crippen molar-refractivity contribution in [2.45, 2.75) is 78.9 Å². The third-order valence-electron chi connectivity index (χ3n) is 5.50. The van der Waals surface area contributed by atoms with Crippen molar-refractivity contribution in [3.63, 3.8) is 0 Å². The summed E-state index contributed by atoms with van der Waals surface area (Å²) in [6.07, 6.45) is 6.27. The van der Waals surface area contributed by atoms with E-state index < -0.39 is 0 Å². The molecular weight excluding hydrogens is 258 g/mol. The van der Waals surface area contributed by atoms with Gasteiger partial charge in [0.05, 0.1) is 6.10 Å². The van der Waals surface area contributed by atoms with Gasteiger partial charge >= 0.3 is 0 Å². The zero-order valence-electron chi connectivity index (χ0n) is 14.4. The quantitative estimate of drug-likeness (QED) is 0.880. The highest BCUT2D eigenvalue weighted by molar-refractivity contribution is 5.50. The smallest absolute Gasteiger partial charge is 0.0575 e. The van der Waals surface area contributed by atoms with E-state index in [1.165, 1.54) is 52.6 Å². The number of benzene rings is 1. The fraction of sp³-hybridized carbons (Fsp3) is 0.684. The second-order valence-electron chi connectivity index (χ2n) is 6.71. The molecule has 0 aromatic heterocycles. The summed E-state index contributed by atoms with van der Waals surface area (Å²) in [5.41, 5.74) is 14.9. The minimum atomic E-state index is 0.133. The van der Waals surface area contributed by atoms with Gasteiger partial charge in [0.25, 0.3) is 0 Å². The highest BCUT2D eigenvalue weighted by Crippen LogP contribution is 2.32. The van der Waals surface area contributed by atoms with Crippen LogP contribution in [0.4, 0.5) is 0 Å². The van der Waals surface area contributed by atoms with Crippen molar-refractivity contribution in [3.8, 4) is 0 Å². The Morgan fingerprint density at radius 1 is 0.952 bits per heavy atom. The van der Waals surface area contributed by atoms with Gasteiger partial charge in [-0.3, -0.25) is 0 Å². The van der Waals surface area contributed by atoms with Crippen molar-refractivity contribution >= 4 is 0 Å². The van der Waals surface area contributed by atoms with Gasteiger partial charge in [0.2, 0.25) is 0 Å². The van der Waals surface area contributed by atoms with Crippen molar-refractivity contribution in [2.24, 2.45) is 5.73 Å². The van der Waals surface area contributed by atoms with Gasteiger partial charge in [-0.15, -0.1) is 0 Å². The Hall–Kier alpha value is -0.860. The van der Waals surface area contributed by atoms with Crippen molar-refractivity contribution in [1.82, 2.24) is 0 Å². The van der Waals surface area contributed by atoms with Crippen LogP contribution in [0.5, 0.6) is 0 Å². The zero-order chi connectivity index (χ0) is 15.6. The SMILES string of the molecule is Cc1c(C)c(C)c(C(N)CCC2CCCCO2)c(C)c1C. The van der Waals surface area contributed by atoms with Crippen molar-refractivity contribution in [2.75, 3.05) is 6.61 Å². The molecule has 118 valence electrons. The van der Waals surface area contributed by atoms with E-state index in [2.05, 4.69) is 34.6 Å². The Balaban J connectivity index is 2.13. The van der Waals surface area contributed by atoms with Crippen LogP contribution in [0.15, 0.2) is 0 Å². The molecule has 2 atom stereocenters. The molecule has 1 fully saturated rings. The van der Waals surface area contributed by atoms with E-state index in [0.29, 0.717) is 6.10 Å². The topological polar surface area (TPSA) is 35.2 Å². The van der Waals surface area contributed by atoms with Gasteiger partial charge in [-0.25, -0.2) is 0 Å². The number of nitrogens with two attached hydrogens (primary N) is 1. The van der Waals surface area contributed by atoms with E-state index in [9.17, 15) is 0 Å². The minimum Gasteiger partial charge on any atom is -0.378 e. The predicted octanol–water partition coefficient (Wildman–Crippen LogP) is 4.58. The van der Waals surface area contributed by atoms with Crippen molar-refractivity contribution < 1.29 is 4.74 Å². The monoisotopic (exact) mass is 289 g/mol. The summed E-state index contributed by atoms with van der Waals surface area (Å²) in [4.78, 5) is 0. The highest BCUT2D eigenvalue weighted by atomic mass is 16.5. The average molecular weight is 289 g/mol. The van der Waals surface area contributed by atoms with Gasteiger partial charge in [-0.2, -0.15) is 0 Å². The molecule has 0 aliphatic carbocycles. The molecule has 1 aromatic carbocycles. The second-order valence-corrected chi connectivity index (χ2v) is 6.71. The molecule has 0 amide bonds. The molecule has 0 bridgehead atoms. The Labute approximate surface area is 130 Å². The Kier molecular flexibility index (Phi) is 5.45. The third-order valence-corrected chi connectivity index (χ3v) is 5.50. The number of ether oxygens (including phenoxy) is 1. The van der Waals surface area contributed by atoms with Gasteiger partial charge in [0.1, 0.15) is 0 Å². The largest absolute Gasteiger partial charge is 0.378 e. The molecule has 2 unspecified atom stereocenters. The van der Waals surface area contributed by atoms with Crippen LogP contribution in [0.2, 0.25) is 0 Å². The van der Waals surface area contributed by atoms with Gasteiger partial charge < -0.3 is 10.5 Å². The average Bonchev–Trinajstić information content (AvgIpc) is 2.50. The lowest BCUT2D eigenvalue weighted by molar-refractivity contribution is 0.00910. The Bertz CT molecular complexity index is 472. The maximum atomic E-state index is 6.55. The van der Waals surface area contributed by atoms with Gasteiger partial charge in [0, 0.05) is 12.6 Å². The van der Waals surface area contributed by atoms with Crippen molar-refractivity contribution in [1.29, 1.82) is 0 Å². The van der Waals surface area contributed by atoms with E-state index in [0.717, 1.165) is 19.4 Å². The van der Waals surface area contributed by atoms with Crippen molar-refractivity contribution in [3.05, 3.63) is 33.4 Å². The Morgan fingerprint density at radius 2 is 1.52 bits per heavy atom. The van der Waals surface area contributed by atoms with Crippen LogP contribution in [-0.4, -0.2) is 12.7 Å². The molecule has 0 radical (unpaired) electrons. The summed E-state index contributed by atoms with van der Waals surface area (Å²) in [6.45, 7) is 12.0.